The number of hydrogen-bond acceptors (Lipinski definition) is 7. The van der Waals surface area contributed by atoms with Crippen molar-refractivity contribution < 1.29 is 4.79 Å². The topological polar surface area (TPSA) is 104 Å². The van der Waals surface area contributed by atoms with E-state index in [4.69, 9.17) is 4.98 Å². The molecule has 158 valence electrons. The van der Waals surface area contributed by atoms with Gasteiger partial charge in [0.15, 0.2) is 5.82 Å². The zero-order valence-electron chi connectivity index (χ0n) is 17.1. The molecule has 10 nitrogen and oxygen atoms in total. The summed E-state index contributed by atoms with van der Waals surface area (Å²) < 4.78 is 3.67. The van der Waals surface area contributed by atoms with E-state index in [0.717, 1.165) is 50.8 Å². The van der Waals surface area contributed by atoms with Gasteiger partial charge < -0.3 is 25.4 Å². The predicted molar refractivity (Wildman–Crippen MR) is 114 cm³/mol. The smallest absolute Gasteiger partial charge is 0.246 e. The van der Waals surface area contributed by atoms with E-state index >= 15 is 0 Å². The molecule has 0 bridgehead atoms. The van der Waals surface area contributed by atoms with Crippen molar-refractivity contribution in [2.24, 2.45) is 7.05 Å². The lowest BCUT2D eigenvalue weighted by Crippen LogP contribution is -2.51. The molecule has 10 heteroatoms. The standard InChI is InChI=1S/C20H27N9O/c1-27-12-17(22-13-27)24-18-15-6-4-10-29(15)26-20(25-18)28-9-3-7-16(28)19(30)23-14-5-2-8-21-11-14/h4,6,10,12-14,16,21H,2-3,5,7-9,11H2,1H3,(H,23,30)(H,24,25,26)/t14?,16-/m0/s1. The van der Waals surface area contributed by atoms with Crippen molar-refractivity contribution in [2.45, 2.75) is 37.8 Å². The largest absolute Gasteiger partial charge is 0.350 e. The van der Waals surface area contributed by atoms with Crippen LogP contribution in [0.2, 0.25) is 0 Å². The van der Waals surface area contributed by atoms with Gasteiger partial charge in [-0.05, 0) is 44.4 Å². The molecule has 1 unspecified atom stereocenters. The molecule has 2 aliphatic rings. The van der Waals surface area contributed by atoms with E-state index < -0.39 is 0 Å². The van der Waals surface area contributed by atoms with Gasteiger partial charge in [0.2, 0.25) is 11.9 Å². The number of nitrogens with zero attached hydrogens (tertiary/aromatic N) is 6. The van der Waals surface area contributed by atoms with Crippen LogP contribution in [0, 0.1) is 0 Å². The van der Waals surface area contributed by atoms with E-state index in [0.29, 0.717) is 17.6 Å². The fourth-order valence-corrected chi connectivity index (χ4v) is 4.29. The lowest BCUT2D eigenvalue weighted by atomic mass is 10.1. The van der Waals surface area contributed by atoms with Gasteiger partial charge in [0.1, 0.15) is 17.4 Å². The van der Waals surface area contributed by atoms with Gasteiger partial charge >= 0.3 is 0 Å². The van der Waals surface area contributed by atoms with Crippen molar-refractivity contribution in [3.8, 4) is 0 Å². The highest BCUT2D eigenvalue weighted by Gasteiger charge is 2.34. The van der Waals surface area contributed by atoms with Crippen LogP contribution in [0.4, 0.5) is 17.6 Å². The summed E-state index contributed by atoms with van der Waals surface area (Å²) in [5.74, 6) is 2.00. The Bertz CT molecular complexity index is 1040. The van der Waals surface area contributed by atoms with Gasteiger partial charge in [-0.15, -0.1) is 5.10 Å². The molecule has 0 radical (unpaired) electrons. The molecule has 1 amide bonds. The average molecular weight is 409 g/mol. The first-order valence-corrected chi connectivity index (χ1v) is 10.6. The molecular weight excluding hydrogens is 382 g/mol. The van der Waals surface area contributed by atoms with Crippen molar-refractivity contribution in [3.63, 3.8) is 0 Å². The number of aryl methyl sites for hydroxylation is 1. The van der Waals surface area contributed by atoms with Gasteiger partial charge in [0, 0.05) is 38.6 Å². The Kier molecular flexibility index (Phi) is 4.99. The monoisotopic (exact) mass is 409 g/mol. The number of rotatable bonds is 5. The Hall–Kier alpha value is -3.14. The van der Waals surface area contributed by atoms with E-state index in [2.05, 4.69) is 26.0 Å². The van der Waals surface area contributed by atoms with Crippen LogP contribution in [0.15, 0.2) is 30.9 Å². The zero-order chi connectivity index (χ0) is 20.5. The molecule has 5 heterocycles. The zero-order valence-corrected chi connectivity index (χ0v) is 17.1. The molecule has 3 aromatic rings. The summed E-state index contributed by atoms with van der Waals surface area (Å²) in [5.41, 5.74) is 0.859. The molecule has 3 N–H and O–H groups in total. The normalized spacial score (nSPS) is 21.8. The lowest BCUT2D eigenvalue weighted by Gasteiger charge is -2.28. The van der Waals surface area contributed by atoms with Crippen molar-refractivity contribution in [1.29, 1.82) is 0 Å². The molecule has 0 spiro atoms. The van der Waals surface area contributed by atoms with Crippen LogP contribution in [0.1, 0.15) is 25.7 Å². The van der Waals surface area contributed by atoms with Crippen LogP contribution in [0.3, 0.4) is 0 Å². The second-order valence-corrected chi connectivity index (χ2v) is 8.05. The van der Waals surface area contributed by atoms with E-state index in [1.807, 2.05) is 41.0 Å². The summed E-state index contributed by atoms with van der Waals surface area (Å²) in [7, 11) is 1.92. The van der Waals surface area contributed by atoms with E-state index in [-0.39, 0.29) is 18.0 Å². The number of aromatic nitrogens is 5. The highest BCUT2D eigenvalue weighted by Crippen LogP contribution is 2.27. The number of piperidine rings is 1. The Balaban J connectivity index is 1.40. The predicted octanol–water partition coefficient (Wildman–Crippen LogP) is 1.04. The Labute approximate surface area is 174 Å². The summed E-state index contributed by atoms with van der Waals surface area (Å²) in [4.78, 5) is 24.2. The summed E-state index contributed by atoms with van der Waals surface area (Å²) in [6.45, 7) is 2.62. The van der Waals surface area contributed by atoms with Gasteiger partial charge in [0.25, 0.3) is 0 Å². The molecule has 0 saturated carbocycles. The van der Waals surface area contributed by atoms with E-state index in [9.17, 15) is 4.79 Å². The third-order valence-corrected chi connectivity index (χ3v) is 5.79. The minimum atomic E-state index is -0.248. The summed E-state index contributed by atoms with van der Waals surface area (Å²) in [6.07, 6.45) is 9.39. The summed E-state index contributed by atoms with van der Waals surface area (Å²) in [5, 5.41) is 14.5. The number of carbonyl (C=O) groups excluding carboxylic acids is 1. The van der Waals surface area contributed by atoms with Gasteiger partial charge in [-0.25, -0.2) is 9.50 Å². The summed E-state index contributed by atoms with van der Waals surface area (Å²) in [6, 6.07) is 3.84. The number of fused-ring (bicyclic) bond motifs is 1. The van der Waals surface area contributed by atoms with E-state index in [1.54, 1.807) is 10.8 Å². The van der Waals surface area contributed by atoms with Gasteiger partial charge in [-0.2, -0.15) is 4.98 Å². The van der Waals surface area contributed by atoms with E-state index in [1.165, 1.54) is 0 Å². The molecule has 2 aliphatic heterocycles. The molecule has 5 rings (SSSR count). The minimum Gasteiger partial charge on any atom is -0.350 e. The Morgan fingerprint density at radius 1 is 1.30 bits per heavy atom. The molecule has 2 fully saturated rings. The van der Waals surface area contributed by atoms with Gasteiger partial charge in [0.05, 0.1) is 6.33 Å². The first-order valence-electron chi connectivity index (χ1n) is 10.6. The first kappa shape index (κ1) is 18.9. The van der Waals surface area contributed by atoms with Crippen molar-refractivity contribution >= 4 is 29.0 Å². The minimum absolute atomic E-state index is 0.0663. The van der Waals surface area contributed by atoms with Crippen LogP contribution in [-0.4, -0.2) is 61.8 Å². The van der Waals surface area contributed by atoms with Gasteiger partial charge in [-0.3, -0.25) is 4.79 Å². The number of amides is 1. The number of carbonyl (C=O) groups is 1. The third-order valence-electron chi connectivity index (χ3n) is 5.79. The van der Waals surface area contributed by atoms with Crippen molar-refractivity contribution in [2.75, 3.05) is 29.9 Å². The number of hydrogen-bond donors (Lipinski definition) is 3. The fourth-order valence-electron chi connectivity index (χ4n) is 4.29. The van der Waals surface area contributed by atoms with Crippen LogP contribution >= 0.6 is 0 Å². The molecule has 30 heavy (non-hydrogen) atoms. The lowest BCUT2D eigenvalue weighted by molar-refractivity contribution is -0.123. The molecule has 2 saturated heterocycles. The summed E-state index contributed by atoms with van der Waals surface area (Å²) >= 11 is 0. The Morgan fingerprint density at radius 2 is 2.23 bits per heavy atom. The van der Waals surface area contributed by atoms with Crippen LogP contribution in [0.25, 0.3) is 5.52 Å². The second-order valence-electron chi connectivity index (χ2n) is 8.05. The second kappa shape index (κ2) is 7.94. The highest BCUT2D eigenvalue weighted by molar-refractivity contribution is 5.86. The molecular formula is C20H27N9O. The average Bonchev–Trinajstić information content (AvgIpc) is 3.49. The number of anilines is 3. The maximum atomic E-state index is 13.0. The maximum Gasteiger partial charge on any atom is 0.246 e. The van der Waals surface area contributed by atoms with Crippen LogP contribution in [0.5, 0.6) is 0 Å². The Morgan fingerprint density at radius 3 is 3.03 bits per heavy atom. The molecule has 3 aromatic heterocycles. The van der Waals surface area contributed by atoms with Crippen LogP contribution < -0.4 is 20.9 Å². The molecule has 0 aromatic carbocycles. The SMILES string of the molecule is Cn1cnc(Nc2nc(N3CCC[C@H]3C(=O)NC3CCCNC3)nn3cccc23)c1. The van der Waals surface area contributed by atoms with Crippen molar-refractivity contribution in [1.82, 2.24) is 34.8 Å². The van der Waals surface area contributed by atoms with Crippen molar-refractivity contribution in [3.05, 3.63) is 30.9 Å². The molecule has 2 atom stereocenters. The quantitative estimate of drug-likeness (QED) is 0.578. The first-order chi connectivity index (χ1) is 14.7. The highest BCUT2D eigenvalue weighted by atomic mass is 16.2. The maximum absolute atomic E-state index is 13.0. The van der Waals surface area contributed by atoms with Gasteiger partial charge in [-0.1, -0.05) is 0 Å². The molecule has 0 aliphatic carbocycles. The number of imidazole rings is 1. The fraction of sp³-hybridized carbons (Fsp3) is 0.500. The number of nitrogens with one attached hydrogen (secondary N) is 3. The third kappa shape index (κ3) is 3.70. The van der Waals surface area contributed by atoms with Crippen LogP contribution in [-0.2, 0) is 11.8 Å².